The van der Waals surface area contributed by atoms with Crippen LogP contribution >= 0.6 is 15.9 Å². The zero-order valence-electron chi connectivity index (χ0n) is 10.4. The van der Waals surface area contributed by atoms with Crippen molar-refractivity contribution in [1.29, 1.82) is 0 Å². The van der Waals surface area contributed by atoms with E-state index in [1.807, 2.05) is 6.20 Å². The van der Waals surface area contributed by atoms with Gasteiger partial charge in [-0.2, -0.15) is 0 Å². The topological polar surface area (TPSA) is 16.1 Å². The minimum atomic E-state index is 0.760. The van der Waals surface area contributed by atoms with Gasteiger partial charge < -0.3 is 0 Å². The summed E-state index contributed by atoms with van der Waals surface area (Å²) in [7, 11) is 0. The number of nitrogens with zero attached hydrogens (tertiary/aromatic N) is 2. The average Bonchev–Trinajstić information content (AvgIpc) is 2.30. The number of hydrogen-bond donors (Lipinski definition) is 0. The van der Waals surface area contributed by atoms with Gasteiger partial charge in [-0.05, 0) is 40.5 Å². The third-order valence-corrected chi connectivity index (χ3v) is 3.36. The van der Waals surface area contributed by atoms with Crippen molar-refractivity contribution in [3.8, 4) is 0 Å². The molecule has 16 heavy (non-hydrogen) atoms. The SMILES string of the molecule is CCC(C)CN(CC)Cc1ccc(Br)cn1. The van der Waals surface area contributed by atoms with Gasteiger partial charge in [0.2, 0.25) is 0 Å². The van der Waals surface area contributed by atoms with Gasteiger partial charge in [-0.25, -0.2) is 0 Å². The van der Waals surface area contributed by atoms with Crippen molar-refractivity contribution in [3.63, 3.8) is 0 Å². The molecule has 2 nitrogen and oxygen atoms in total. The normalized spacial score (nSPS) is 13.1. The van der Waals surface area contributed by atoms with E-state index >= 15 is 0 Å². The van der Waals surface area contributed by atoms with Crippen LogP contribution in [0.2, 0.25) is 0 Å². The third kappa shape index (κ3) is 4.62. The molecule has 0 aliphatic rings. The summed E-state index contributed by atoms with van der Waals surface area (Å²) in [4.78, 5) is 6.86. The highest BCUT2D eigenvalue weighted by atomic mass is 79.9. The molecule has 1 aromatic heterocycles. The van der Waals surface area contributed by atoms with Gasteiger partial charge in [-0.1, -0.05) is 27.2 Å². The van der Waals surface area contributed by atoms with E-state index in [2.05, 4.69) is 58.7 Å². The van der Waals surface area contributed by atoms with Crippen LogP contribution in [0.1, 0.15) is 32.9 Å². The van der Waals surface area contributed by atoms with Crippen molar-refractivity contribution in [2.24, 2.45) is 5.92 Å². The third-order valence-electron chi connectivity index (χ3n) is 2.89. The minimum Gasteiger partial charge on any atom is -0.298 e. The van der Waals surface area contributed by atoms with Gasteiger partial charge in [-0.3, -0.25) is 9.88 Å². The lowest BCUT2D eigenvalue weighted by Gasteiger charge is -2.23. The Balaban J connectivity index is 2.52. The Labute approximate surface area is 107 Å². The number of halogens is 1. The van der Waals surface area contributed by atoms with Crippen LogP contribution < -0.4 is 0 Å². The smallest absolute Gasteiger partial charge is 0.0544 e. The predicted octanol–water partition coefficient (Wildman–Crippen LogP) is 3.71. The first kappa shape index (κ1) is 13.7. The van der Waals surface area contributed by atoms with E-state index < -0.39 is 0 Å². The fourth-order valence-corrected chi connectivity index (χ4v) is 1.84. The van der Waals surface area contributed by atoms with Crippen molar-refractivity contribution in [1.82, 2.24) is 9.88 Å². The summed E-state index contributed by atoms with van der Waals surface area (Å²) < 4.78 is 1.04. The van der Waals surface area contributed by atoms with E-state index in [0.29, 0.717) is 0 Å². The Morgan fingerprint density at radius 2 is 2.12 bits per heavy atom. The maximum atomic E-state index is 4.41. The molecule has 1 heterocycles. The van der Waals surface area contributed by atoms with Gasteiger partial charge in [-0.15, -0.1) is 0 Å². The monoisotopic (exact) mass is 284 g/mol. The molecule has 0 fully saturated rings. The molecule has 0 aromatic carbocycles. The number of pyridine rings is 1. The van der Waals surface area contributed by atoms with Crippen molar-refractivity contribution in [3.05, 3.63) is 28.5 Å². The van der Waals surface area contributed by atoms with Crippen molar-refractivity contribution >= 4 is 15.9 Å². The van der Waals surface area contributed by atoms with E-state index in [1.54, 1.807) is 0 Å². The van der Waals surface area contributed by atoms with Crippen molar-refractivity contribution < 1.29 is 0 Å². The molecule has 90 valence electrons. The predicted molar refractivity (Wildman–Crippen MR) is 72.3 cm³/mol. The second-order valence-electron chi connectivity index (χ2n) is 4.31. The fraction of sp³-hybridized carbons (Fsp3) is 0.615. The van der Waals surface area contributed by atoms with Gasteiger partial charge in [0.05, 0.1) is 5.69 Å². The maximum Gasteiger partial charge on any atom is 0.0544 e. The largest absolute Gasteiger partial charge is 0.298 e. The molecule has 1 rings (SSSR count). The molecule has 1 unspecified atom stereocenters. The molecule has 0 saturated heterocycles. The molecule has 0 amide bonds. The van der Waals surface area contributed by atoms with Crippen LogP contribution in [0.3, 0.4) is 0 Å². The Hall–Kier alpha value is -0.410. The van der Waals surface area contributed by atoms with Crippen LogP contribution in [0.15, 0.2) is 22.8 Å². The van der Waals surface area contributed by atoms with Gasteiger partial charge in [0.1, 0.15) is 0 Å². The van der Waals surface area contributed by atoms with E-state index in [9.17, 15) is 0 Å². The van der Waals surface area contributed by atoms with E-state index in [-0.39, 0.29) is 0 Å². The molecule has 3 heteroatoms. The Bertz CT molecular complexity index is 297. The summed E-state index contributed by atoms with van der Waals surface area (Å²) in [5, 5.41) is 0. The quantitative estimate of drug-likeness (QED) is 0.792. The Morgan fingerprint density at radius 3 is 2.62 bits per heavy atom. The van der Waals surface area contributed by atoms with Crippen LogP contribution in [-0.4, -0.2) is 23.0 Å². The molecule has 0 bridgehead atoms. The zero-order valence-corrected chi connectivity index (χ0v) is 12.0. The summed E-state index contributed by atoms with van der Waals surface area (Å²) in [6, 6.07) is 4.14. The first-order valence-electron chi connectivity index (χ1n) is 5.98. The lowest BCUT2D eigenvalue weighted by atomic mass is 10.1. The molecule has 1 aromatic rings. The summed E-state index contributed by atoms with van der Waals surface area (Å²) >= 11 is 3.40. The Kier molecular flexibility index (Phi) is 5.99. The summed E-state index contributed by atoms with van der Waals surface area (Å²) in [6.07, 6.45) is 3.11. The molecule has 0 spiro atoms. The van der Waals surface area contributed by atoms with Gasteiger partial charge in [0.25, 0.3) is 0 Å². The lowest BCUT2D eigenvalue weighted by Crippen LogP contribution is -2.28. The summed E-state index contributed by atoms with van der Waals surface area (Å²) in [5.74, 6) is 0.760. The van der Waals surface area contributed by atoms with Crippen LogP contribution in [-0.2, 0) is 6.54 Å². The highest BCUT2D eigenvalue weighted by Crippen LogP contribution is 2.11. The second kappa shape index (κ2) is 7.02. The zero-order chi connectivity index (χ0) is 12.0. The maximum absolute atomic E-state index is 4.41. The highest BCUT2D eigenvalue weighted by Gasteiger charge is 2.08. The first-order chi connectivity index (χ1) is 7.65. The van der Waals surface area contributed by atoms with E-state index in [4.69, 9.17) is 0 Å². The van der Waals surface area contributed by atoms with Gasteiger partial charge >= 0.3 is 0 Å². The molecule has 0 radical (unpaired) electrons. The number of hydrogen-bond acceptors (Lipinski definition) is 2. The van der Waals surface area contributed by atoms with Gasteiger partial charge in [0, 0.05) is 23.8 Å². The van der Waals surface area contributed by atoms with E-state index in [1.165, 1.54) is 6.42 Å². The molecular formula is C13H21BrN2. The van der Waals surface area contributed by atoms with Crippen LogP contribution in [0.25, 0.3) is 0 Å². The average molecular weight is 285 g/mol. The number of rotatable bonds is 6. The Morgan fingerprint density at radius 1 is 1.38 bits per heavy atom. The van der Waals surface area contributed by atoms with Gasteiger partial charge in [0.15, 0.2) is 0 Å². The standard InChI is InChI=1S/C13H21BrN2/c1-4-11(3)9-16(5-2)10-13-7-6-12(14)8-15-13/h6-8,11H,4-5,9-10H2,1-3H3. The molecule has 0 N–H and O–H groups in total. The van der Waals surface area contributed by atoms with Crippen molar-refractivity contribution in [2.75, 3.05) is 13.1 Å². The molecule has 0 saturated carbocycles. The lowest BCUT2D eigenvalue weighted by molar-refractivity contribution is 0.235. The molecule has 1 atom stereocenters. The summed E-state index contributed by atoms with van der Waals surface area (Å²) in [5.41, 5.74) is 1.15. The van der Waals surface area contributed by atoms with Crippen LogP contribution in [0.4, 0.5) is 0 Å². The van der Waals surface area contributed by atoms with Crippen LogP contribution in [0.5, 0.6) is 0 Å². The first-order valence-corrected chi connectivity index (χ1v) is 6.77. The number of aromatic nitrogens is 1. The van der Waals surface area contributed by atoms with Crippen LogP contribution in [0, 0.1) is 5.92 Å². The molecule has 0 aliphatic heterocycles. The summed E-state index contributed by atoms with van der Waals surface area (Å²) in [6.45, 7) is 9.95. The second-order valence-corrected chi connectivity index (χ2v) is 5.22. The fourth-order valence-electron chi connectivity index (χ4n) is 1.60. The highest BCUT2D eigenvalue weighted by molar-refractivity contribution is 9.10. The minimum absolute atomic E-state index is 0.760. The molecular weight excluding hydrogens is 264 g/mol. The van der Waals surface area contributed by atoms with E-state index in [0.717, 1.165) is 35.7 Å². The molecule has 0 aliphatic carbocycles. The van der Waals surface area contributed by atoms with Crippen molar-refractivity contribution in [2.45, 2.75) is 33.7 Å².